The van der Waals surface area contributed by atoms with Crippen LogP contribution in [0.1, 0.15) is 11.1 Å². The van der Waals surface area contributed by atoms with E-state index in [9.17, 15) is 0 Å². The lowest BCUT2D eigenvalue weighted by molar-refractivity contribution is 1.45. The second-order valence-corrected chi connectivity index (χ2v) is 5.30. The van der Waals surface area contributed by atoms with Crippen LogP contribution >= 0.6 is 31.9 Å². The van der Waals surface area contributed by atoms with E-state index in [1.807, 2.05) is 0 Å². The molecule has 0 radical (unpaired) electrons. The maximum Gasteiger partial charge on any atom is 0.0267 e. The van der Waals surface area contributed by atoms with Gasteiger partial charge in [-0.05, 0) is 42.5 Å². The van der Waals surface area contributed by atoms with Crippen LogP contribution < -0.4 is 0 Å². The lowest BCUT2D eigenvalue weighted by Crippen LogP contribution is -1.82. The van der Waals surface area contributed by atoms with Gasteiger partial charge in [0, 0.05) is 14.3 Å². The van der Waals surface area contributed by atoms with Gasteiger partial charge in [-0.3, -0.25) is 0 Å². The van der Waals surface area contributed by atoms with Crippen molar-refractivity contribution >= 4 is 42.6 Å². The van der Waals surface area contributed by atoms with Crippen LogP contribution in [-0.4, -0.2) is 0 Å². The third-order valence-electron chi connectivity index (χ3n) is 2.24. The molecule has 0 heterocycles. The number of fused-ring (bicyclic) bond motifs is 1. The molecule has 2 rings (SSSR count). The number of hydrogen-bond donors (Lipinski definition) is 0. The summed E-state index contributed by atoms with van der Waals surface area (Å²) in [6.45, 7) is 4.22. The van der Waals surface area contributed by atoms with Crippen LogP contribution in [0.4, 0.5) is 0 Å². The highest BCUT2D eigenvalue weighted by atomic mass is 79.9. The van der Waals surface area contributed by atoms with Gasteiger partial charge in [-0.2, -0.15) is 0 Å². The zero-order valence-corrected chi connectivity index (χ0v) is 11.2. The Kier molecular flexibility index (Phi) is 2.67. The first-order valence-corrected chi connectivity index (χ1v) is 6.02. The Bertz CT molecular complexity index is 458. The molecular formula is C12H10Br2. The molecule has 0 nitrogen and oxygen atoms in total. The maximum absolute atomic E-state index is 3.59. The topological polar surface area (TPSA) is 0 Å². The monoisotopic (exact) mass is 312 g/mol. The molecule has 72 valence electrons. The maximum atomic E-state index is 3.59. The number of benzene rings is 2. The molecule has 0 fully saturated rings. The molecule has 0 atom stereocenters. The molecule has 0 N–H and O–H groups in total. The molecule has 14 heavy (non-hydrogen) atoms. The van der Waals surface area contributed by atoms with Gasteiger partial charge in [0.15, 0.2) is 0 Å². The molecule has 2 aromatic rings. The Morgan fingerprint density at radius 2 is 1.21 bits per heavy atom. The van der Waals surface area contributed by atoms with Gasteiger partial charge in [0.05, 0.1) is 0 Å². The fourth-order valence-corrected chi connectivity index (χ4v) is 3.57. The summed E-state index contributed by atoms with van der Waals surface area (Å²) >= 11 is 7.19. The van der Waals surface area contributed by atoms with Gasteiger partial charge in [0.2, 0.25) is 0 Å². The second kappa shape index (κ2) is 3.67. The van der Waals surface area contributed by atoms with E-state index in [0.29, 0.717) is 0 Å². The van der Waals surface area contributed by atoms with Crippen LogP contribution in [0.15, 0.2) is 33.2 Å². The summed E-state index contributed by atoms with van der Waals surface area (Å²) in [6.07, 6.45) is 0. The summed E-state index contributed by atoms with van der Waals surface area (Å²) in [6, 6.07) is 8.70. The van der Waals surface area contributed by atoms with E-state index in [1.54, 1.807) is 0 Å². The van der Waals surface area contributed by atoms with Crippen LogP contribution in [0, 0.1) is 13.8 Å². The minimum Gasteiger partial charge on any atom is -0.0513 e. The van der Waals surface area contributed by atoms with Gasteiger partial charge in [-0.25, -0.2) is 0 Å². The highest BCUT2D eigenvalue weighted by molar-refractivity contribution is 9.11. The van der Waals surface area contributed by atoms with Crippen LogP contribution in [0.25, 0.3) is 10.8 Å². The van der Waals surface area contributed by atoms with E-state index in [2.05, 4.69) is 70.0 Å². The summed E-state index contributed by atoms with van der Waals surface area (Å²) < 4.78 is 2.30. The van der Waals surface area contributed by atoms with Gasteiger partial charge in [-0.1, -0.05) is 44.0 Å². The Morgan fingerprint density at radius 1 is 0.786 bits per heavy atom. The van der Waals surface area contributed by atoms with Crippen molar-refractivity contribution in [2.75, 3.05) is 0 Å². The summed E-state index contributed by atoms with van der Waals surface area (Å²) in [4.78, 5) is 0. The first-order valence-electron chi connectivity index (χ1n) is 4.44. The zero-order chi connectivity index (χ0) is 10.3. The van der Waals surface area contributed by atoms with Crippen LogP contribution in [0.2, 0.25) is 0 Å². The van der Waals surface area contributed by atoms with Crippen LogP contribution in [0.5, 0.6) is 0 Å². The molecule has 0 aromatic heterocycles. The Balaban J connectivity index is 2.94. The Hall–Kier alpha value is -0.340. The van der Waals surface area contributed by atoms with Crippen molar-refractivity contribution in [2.45, 2.75) is 13.8 Å². The summed E-state index contributed by atoms with van der Waals surface area (Å²) in [7, 11) is 0. The molecule has 0 bridgehead atoms. The van der Waals surface area contributed by atoms with Gasteiger partial charge < -0.3 is 0 Å². The molecule has 2 heteroatoms. The van der Waals surface area contributed by atoms with E-state index in [1.165, 1.54) is 21.9 Å². The molecule has 0 aliphatic carbocycles. The molecule has 0 aliphatic heterocycles. The SMILES string of the molecule is Cc1cc(Br)c2c(Br)cc(C)cc2c1. The van der Waals surface area contributed by atoms with Crippen molar-refractivity contribution in [3.05, 3.63) is 44.3 Å². The number of halogens is 2. The molecular weight excluding hydrogens is 304 g/mol. The largest absolute Gasteiger partial charge is 0.0513 e. The van der Waals surface area contributed by atoms with E-state index < -0.39 is 0 Å². The minimum absolute atomic E-state index is 1.15. The minimum atomic E-state index is 1.15. The average molecular weight is 314 g/mol. The molecule has 0 amide bonds. The first kappa shape index (κ1) is 10.2. The summed E-state index contributed by atoms with van der Waals surface area (Å²) in [5.41, 5.74) is 2.56. The highest BCUT2D eigenvalue weighted by Crippen LogP contribution is 2.32. The zero-order valence-electron chi connectivity index (χ0n) is 8.07. The van der Waals surface area contributed by atoms with Crippen molar-refractivity contribution in [3.63, 3.8) is 0 Å². The van der Waals surface area contributed by atoms with Gasteiger partial charge in [0.25, 0.3) is 0 Å². The van der Waals surface area contributed by atoms with E-state index in [-0.39, 0.29) is 0 Å². The average Bonchev–Trinajstić information content (AvgIpc) is 1.99. The van der Waals surface area contributed by atoms with Crippen molar-refractivity contribution in [3.8, 4) is 0 Å². The molecule has 0 aliphatic rings. The van der Waals surface area contributed by atoms with Crippen molar-refractivity contribution in [2.24, 2.45) is 0 Å². The Labute approximate surface area is 101 Å². The number of aryl methyl sites for hydroxylation is 2. The predicted octanol–water partition coefficient (Wildman–Crippen LogP) is 4.98. The van der Waals surface area contributed by atoms with Crippen molar-refractivity contribution < 1.29 is 0 Å². The molecule has 2 aromatic carbocycles. The van der Waals surface area contributed by atoms with Crippen LogP contribution in [-0.2, 0) is 0 Å². The molecule has 0 saturated carbocycles. The summed E-state index contributed by atoms with van der Waals surface area (Å²) in [5, 5.41) is 2.53. The third-order valence-corrected chi connectivity index (χ3v) is 3.49. The highest BCUT2D eigenvalue weighted by Gasteiger charge is 2.04. The smallest absolute Gasteiger partial charge is 0.0267 e. The van der Waals surface area contributed by atoms with Crippen molar-refractivity contribution in [1.29, 1.82) is 0 Å². The van der Waals surface area contributed by atoms with Crippen LogP contribution in [0.3, 0.4) is 0 Å². The number of rotatable bonds is 0. The quantitative estimate of drug-likeness (QED) is 0.643. The lowest BCUT2D eigenvalue weighted by Gasteiger charge is -2.06. The number of hydrogen-bond acceptors (Lipinski definition) is 0. The third kappa shape index (κ3) is 1.73. The van der Waals surface area contributed by atoms with Gasteiger partial charge in [0.1, 0.15) is 0 Å². The first-order chi connectivity index (χ1) is 6.58. The van der Waals surface area contributed by atoms with E-state index >= 15 is 0 Å². The Morgan fingerprint density at radius 3 is 1.64 bits per heavy atom. The normalized spacial score (nSPS) is 10.9. The van der Waals surface area contributed by atoms with Gasteiger partial charge >= 0.3 is 0 Å². The fourth-order valence-electron chi connectivity index (χ4n) is 1.69. The molecule has 0 unspecified atom stereocenters. The second-order valence-electron chi connectivity index (χ2n) is 3.59. The lowest BCUT2D eigenvalue weighted by atomic mass is 10.1. The van der Waals surface area contributed by atoms with Gasteiger partial charge in [-0.15, -0.1) is 0 Å². The predicted molar refractivity (Wildman–Crippen MR) is 68.8 cm³/mol. The molecule has 0 spiro atoms. The molecule has 0 saturated heterocycles. The van der Waals surface area contributed by atoms with Crippen molar-refractivity contribution in [1.82, 2.24) is 0 Å². The summed E-state index contributed by atoms with van der Waals surface area (Å²) in [5.74, 6) is 0. The fraction of sp³-hybridized carbons (Fsp3) is 0.167. The van der Waals surface area contributed by atoms with E-state index in [4.69, 9.17) is 0 Å². The standard InChI is InChI=1S/C12H10Br2/c1-7-3-9-4-8(2)6-11(14)12(9)10(13)5-7/h3-6H,1-2H3. The van der Waals surface area contributed by atoms with E-state index in [0.717, 1.165) is 8.95 Å².